The normalized spacial score (nSPS) is 10.9. The summed E-state index contributed by atoms with van der Waals surface area (Å²) in [5, 5.41) is 9.80. The highest BCUT2D eigenvalue weighted by atomic mass is 35.5. The van der Waals surface area contributed by atoms with Crippen LogP contribution in [0.1, 0.15) is 18.1 Å². The van der Waals surface area contributed by atoms with Crippen molar-refractivity contribution in [3.63, 3.8) is 0 Å². The molecule has 1 aromatic carbocycles. The van der Waals surface area contributed by atoms with Gasteiger partial charge in [-0.15, -0.1) is 0 Å². The maximum Gasteiger partial charge on any atom is 0.124 e. The Kier molecular flexibility index (Phi) is 6.65. The predicted octanol–water partition coefficient (Wildman–Crippen LogP) is 3.13. The van der Waals surface area contributed by atoms with E-state index in [-0.39, 0.29) is 6.61 Å². The first kappa shape index (κ1) is 16.7. The lowest BCUT2D eigenvalue weighted by Crippen LogP contribution is -2.26. The van der Waals surface area contributed by atoms with Crippen molar-refractivity contribution in [2.45, 2.75) is 20.1 Å². The molecule has 1 aromatic heterocycles. The number of nitrogens with zero attached hydrogens (tertiary/aromatic N) is 2. The minimum absolute atomic E-state index is 0.139. The average Bonchev–Trinajstić information content (AvgIpc) is 2.54. The van der Waals surface area contributed by atoms with Crippen LogP contribution in [0.25, 0.3) is 0 Å². The van der Waals surface area contributed by atoms with Crippen molar-refractivity contribution in [1.29, 1.82) is 0 Å². The Morgan fingerprint density at radius 3 is 2.86 bits per heavy atom. The molecule has 0 aliphatic carbocycles. The molecule has 0 bridgehead atoms. The van der Waals surface area contributed by atoms with Gasteiger partial charge < -0.3 is 9.84 Å². The van der Waals surface area contributed by atoms with Gasteiger partial charge >= 0.3 is 0 Å². The quantitative estimate of drug-likeness (QED) is 0.811. The molecule has 0 amide bonds. The molecule has 5 heteroatoms. The summed E-state index contributed by atoms with van der Waals surface area (Å²) in [4.78, 5) is 6.22. The zero-order chi connectivity index (χ0) is 15.8. The van der Waals surface area contributed by atoms with Crippen LogP contribution in [0.5, 0.6) is 5.75 Å². The fraction of sp³-hybridized carbons (Fsp3) is 0.353. The van der Waals surface area contributed by atoms with Crippen molar-refractivity contribution < 1.29 is 9.84 Å². The van der Waals surface area contributed by atoms with Gasteiger partial charge in [0.15, 0.2) is 0 Å². The van der Waals surface area contributed by atoms with Gasteiger partial charge in [0.2, 0.25) is 0 Å². The van der Waals surface area contributed by atoms with E-state index < -0.39 is 0 Å². The molecular formula is C17H21ClN2O2. The number of pyridine rings is 1. The van der Waals surface area contributed by atoms with E-state index in [2.05, 4.69) is 16.8 Å². The van der Waals surface area contributed by atoms with Crippen molar-refractivity contribution in [3.05, 3.63) is 58.9 Å². The lowest BCUT2D eigenvalue weighted by Gasteiger charge is -2.21. The van der Waals surface area contributed by atoms with Gasteiger partial charge in [-0.3, -0.25) is 9.88 Å². The molecule has 22 heavy (non-hydrogen) atoms. The van der Waals surface area contributed by atoms with Crippen LogP contribution < -0.4 is 4.74 Å². The number of benzene rings is 1. The van der Waals surface area contributed by atoms with Crippen molar-refractivity contribution in [2.24, 2.45) is 0 Å². The third kappa shape index (κ3) is 4.98. The van der Waals surface area contributed by atoms with E-state index in [0.29, 0.717) is 24.7 Å². The van der Waals surface area contributed by atoms with E-state index in [0.717, 1.165) is 23.4 Å². The van der Waals surface area contributed by atoms with Crippen molar-refractivity contribution in [2.75, 3.05) is 19.7 Å². The van der Waals surface area contributed by atoms with E-state index in [1.165, 1.54) is 0 Å². The maximum absolute atomic E-state index is 9.12. The molecule has 0 radical (unpaired) electrons. The Bertz CT molecular complexity index is 578. The maximum atomic E-state index is 9.12. The van der Waals surface area contributed by atoms with Gasteiger partial charge in [-0.05, 0) is 30.8 Å². The number of hydrogen-bond donors (Lipinski definition) is 1. The molecule has 2 aromatic rings. The monoisotopic (exact) mass is 320 g/mol. The number of likely N-dealkylation sites (N-methyl/N-ethyl adjacent to an activating group) is 1. The fourth-order valence-corrected chi connectivity index (χ4v) is 2.38. The van der Waals surface area contributed by atoms with E-state index in [1.54, 1.807) is 12.4 Å². The summed E-state index contributed by atoms with van der Waals surface area (Å²) in [5.74, 6) is 0.810. The minimum Gasteiger partial charge on any atom is -0.489 e. The van der Waals surface area contributed by atoms with Crippen LogP contribution in [-0.4, -0.2) is 34.7 Å². The van der Waals surface area contributed by atoms with Crippen molar-refractivity contribution >= 4 is 11.6 Å². The van der Waals surface area contributed by atoms with E-state index in [9.17, 15) is 0 Å². The van der Waals surface area contributed by atoms with Crippen molar-refractivity contribution in [3.8, 4) is 5.75 Å². The smallest absolute Gasteiger partial charge is 0.124 e. The Morgan fingerprint density at radius 2 is 2.18 bits per heavy atom. The molecule has 0 saturated heterocycles. The molecule has 0 atom stereocenters. The SMILES string of the molecule is CCN(CCO)Cc1cc(Cl)ccc1OCc1cccnc1. The van der Waals surface area contributed by atoms with E-state index in [4.69, 9.17) is 21.4 Å². The highest BCUT2D eigenvalue weighted by Crippen LogP contribution is 2.25. The van der Waals surface area contributed by atoms with Crippen LogP contribution in [0.15, 0.2) is 42.7 Å². The molecule has 0 saturated carbocycles. The van der Waals surface area contributed by atoms with Crippen LogP contribution in [-0.2, 0) is 13.2 Å². The Hall–Kier alpha value is -1.62. The molecule has 0 unspecified atom stereocenters. The number of hydrogen-bond acceptors (Lipinski definition) is 4. The first-order chi connectivity index (χ1) is 10.7. The Labute approximate surface area is 136 Å². The third-order valence-corrected chi connectivity index (χ3v) is 3.63. The number of halogens is 1. The van der Waals surface area contributed by atoms with Crippen molar-refractivity contribution in [1.82, 2.24) is 9.88 Å². The second-order valence-electron chi connectivity index (χ2n) is 4.99. The summed E-state index contributed by atoms with van der Waals surface area (Å²) >= 11 is 6.10. The molecule has 118 valence electrons. The van der Waals surface area contributed by atoms with Crippen LogP contribution in [0.3, 0.4) is 0 Å². The van der Waals surface area contributed by atoms with E-state index in [1.807, 2.05) is 30.3 Å². The number of aromatic nitrogens is 1. The second kappa shape index (κ2) is 8.73. The molecule has 0 aliphatic rings. The van der Waals surface area contributed by atoms with Crippen LogP contribution in [0.2, 0.25) is 5.02 Å². The first-order valence-corrected chi connectivity index (χ1v) is 7.74. The minimum atomic E-state index is 0.139. The highest BCUT2D eigenvalue weighted by Gasteiger charge is 2.10. The van der Waals surface area contributed by atoms with Crippen LogP contribution in [0.4, 0.5) is 0 Å². The second-order valence-corrected chi connectivity index (χ2v) is 5.43. The number of rotatable bonds is 8. The molecule has 1 N–H and O–H groups in total. The predicted molar refractivity (Wildman–Crippen MR) is 88.1 cm³/mol. The standard InChI is InChI=1S/C17H21ClN2O2/c1-2-20(8-9-21)12-15-10-16(18)5-6-17(15)22-13-14-4-3-7-19-11-14/h3-7,10-11,21H,2,8-9,12-13H2,1H3. The Balaban J connectivity index is 2.09. The lowest BCUT2D eigenvalue weighted by molar-refractivity contribution is 0.194. The molecule has 1 heterocycles. The van der Waals surface area contributed by atoms with Crippen LogP contribution >= 0.6 is 11.6 Å². The van der Waals surface area contributed by atoms with Gasteiger partial charge in [0, 0.05) is 41.6 Å². The first-order valence-electron chi connectivity index (χ1n) is 7.36. The van der Waals surface area contributed by atoms with Gasteiger partial charge in [-0.25, -0.2) is 0 Å². The molecular weight excluding hydrogens is 300 g/mol. The molecule has 2 rings (SSSR count). The van der Waals surface area contributed by atoms with Gasteiger partial charge in [0.25, 0.3) is 0 Å². The third-order valence-electron chi connectivity index (χ3n) is 3.40. The molecule has 4 nitrogen and oxygen atoms in total. The zero-order valence-corrected chi connectivity index (χ0v) is 13.5. The summed E-state index contributed by atoms with van der Waals surface area (Å²) in [5.41, 5.74) is 2.04. The van der Waals surface area contributed by atoms with Crippen LogP contribution in [0, 0.1) is 0 Å². The largest absolute Gasteiger partial charge is 0.489 e. The lowest BCUT2D eigenvalue weighted by atomic mass is 10.2. The number of ether oxygens (including phenoxy) is 1. The highest BCUT2D eigenvalue weighted by molar-refractivity contribution is 6.30. The fourth-order valence-electron chi connectivity index (χ4n) is 2.19. The number of aliphatic hydroxyl groups excluding tert-OH is 1. The molecule has 0 aliphatic heterocycles. The summed E-state index contributed by atoms with van der Waals surface area (Å²) < 4.78 is 5.91. The summed E-state index contributed by atoms with van der Waals surface area (Å²) in [6, 6.07) is 9.50. The molecule has 0 spiro atoms. The topological polar surface area (TPSA) is 45.6 Å². The van der Waals surface area contributed by atoms with Gasteiger partial charge in [-0.2, -0.15) is 0 Å². The number of aliphatic hydroxyl groups is 1. The summed E-state index contributed by atoms with van der Waals surface area (Å²) in [6.07, 6.45) is 3.53. The summed E-state index contributed by atoms with van der Waals surface area (Å²) in [6.45, 7) is 4.85. The van der Waals surface area contributed by atoms with Gasteiger partial charge in [-0.1, -0.05) is 24.6 Å². The average molecular weight is 321 g/mol. The summed E-state index contributed by atoms with van der Waals surface area (Å²) in [7, 11) is 0. The van der Waals surface area contributed by atoms with Gasteiger partial charge in [0.1, 0.15) is 12.4 Å². The van der Waals surface area contributed by atoms with E-state index >= 15 is 0 Å². The molecule has 0 fully saturated rings. The van der Waals surface area contributed by atoms with Gasteiger partial charge in [0.05, 0.1) is 6.61 Å². The Morgan fingerprint density at radius 1 is 1.32 bits per heavy atom. The zero-order valence-electron chi connectivity index (χ0n) is 12.7.